The van der Waals surface area contributed by atoms with E-state index in [-0.39, 0.29) is 44.3 Å². The molecule has 2 aromatic heterocycles. The number of carbonyl (C=O) groups excluding carboxylic acids is 5. The van der Waals surface area contributed by atoms with Gasteiger partial charge in [-0.25, -0.2) is 4.98 Å². The topological polar surface area (TPSA) is 173 Å². The number of ether oxygens (including phenoxy) is 1. The zero-order valence-corrected chi connectivity index (χ0v) is 26.0. The first-order valence-corrected chi connectivity index (χ1v) is 15.9. The third-order valence-electron chi connectivity index (χ3n) is 8.48. The Hall–Kier alpha value is -5.04. The smallest absolute Gasteiger partial charge is 0.289 e. The molecule has 3 N–H and O–H groups in total. The van der Waals surface area contributed by atoms with Crippen molar-refractivity contribution in [2.45, 2.75) is 63.2 Å². The SMILES string of the molecule is O=C(NCc1ccccn1)C(=O)[C@@H](Cc1ccccc1)NC(=O)[C@H]1COCCN1C(=O)[C@H](NC(=O)c1cnccn1)C1CCCCC1. The number of nitrogens with one attached hydrogen (secondary N) is 3. The first-order valence-electron chi connectivity index (χ1n) is 15.9. The number of carbonyl (C=O) groups is 5. The van der Waals surface area contributed by atoms with E-state index in [0.29, 0.717) is 5.69 Å². The van der Waals surface area contributed by atoms with Crippen molar-refractivity contribution in [2.24, 2.45) is 5.92 Å². The number of amides is 4. The molecule has 2 aliphatic rings. The molecule has 13 nitrogen and oxygen atoms in total. The van der Waals surface area contributed by atoms with Gasteiger partial charge < -0.3 is 25.6 Å². The second kappa shape index (κ2) is 16.5. The normalized spacial score (nSPS) is 18.0. The van der Waals surface area contributed by atoms with Gasteiger partial charge in [-0.3, -0.25) is 33.9 Å². The zero-order valence-electron chi connectivity index (χ0n) is 26.0. The van der Waals surface area contributed by atoms with E-state index in [4.69, 9.17) is 4.74 Å². The molecule has 4 amide bonds. The molecule has 1 saturated heterocycles. The molecule has 5 rings (SSSR count). The van der Waals surface area contributed by atoms with Crippen LogP contribution in [-0.2, 0) is 36.9 Å². The number of aromatic nitrogens is 3. The summed E-state index contributed by atoms with van der Waals surface area (Å²) in [4.78, 5) is 81.3. The highest BCUT2D eigenvalue weighted by molar-refractivity contribution is 6.38. The van der Waals surface area contributed by atoms with Gasteiger partial charge in [0.2, 0.25) is 17.6 Å². The van der Waals surface area contributed by atoms with Gasteiger partial charge in [0.1, 0.15) is 23.8 Å². The molecule has 3 heterocycles. The molecule has 0 unspecified atom stereocenters. The quantitative estimate of drug-likeness (QED) is 0.247. The molecular weight excluding hydrogens is 602 g/mol. The van der Waals surface area contributed by atoms with Crippen LogP contribution in [0.15, 0.2) is 73.3 Å². The van der Waals surface area contributed by atoms with Crippen molar-refractivity contribution in [3.05, 3.63) is 90.3 Å². The zero-order chi connectivity index (χ0) is 33.0. The number of hydrogen-bond donors (Lipinski definition) is 3. The maximum absolute atomic E-state index is 14.2. The van der Waals surface area contributed by atoms with E-state index in [9.17, 15) is 24.0 Å². The first-order chi connectivity index (χ1) is 22.9. The lowest BCUT2D eigenvalue weighted by molar-refractivity contribution is -0.152. The Balaban J connectivity index is 1.33. The van der Waals surface area contributed by atoms with Crippen LogP contribution in [0.4, 0.5) is 0 Å². The van der Waals surface area contributed by atoms with Crippen molar-refractivity contribution < 1.29 is 28.7 Å². The van der Waals surface area contributed by atoms with Crippen molar-refractivity contribution in [3.8, 4) is 0 Å². The highest BCUT2D eigenvalue weighted by Crippen LogP contribution is 2.28. The van der Waals surface area contributed by atoms with Gasteiger partial charge >= 0.3 is 0 Å². The Bertz CT molecular complexity index is 1520. The van der Waals surface area contributed by atoms with E-state index in [1.807, 2.05) is 6.07 Å². The Morgan fingerprint density at radius 1 is 0.894 bits per heavy atom. The van der Waals surface area contributed by atoms with Crippen LogP contribution in [0.25, 0.3) is 0 Å². The van der Waals surface area contributed by atoms with Gasteiger partial charge in [0.15, 0.2) is 0 Å². The second-order valence-corrected chi connectivity index (χ2v) is 11.7. The summed E-state index contributed by atoms with van der Waals surface area (Å²) >= 11 is 0. The summed E-state index contributed by atoms with van der Waals surface area (Å²) < 4.78 is 5.62. The summed E-state index contributed by atoms with van der Waals surface area (Å²) in [6.45, 7) is 0.251. The Labute approximate surface area is 272 Å². The number of benzene rings is 1. The van der Waals surface area contributed by atoms with Crippen LogP contribution in [0.5, 0.6) is 0 Å². The van der Waals surface area contributed by atoms with Gasteiger partial charge in [0.25, 0.3) is 11.8 Å². The van der Waals surface area contributed by atoms with Crippen molar-refractivity contribution in [2.75, 3.05) is 19.8 Å². The Kier molecular flexibility index (Phi) is 11.7. The molecule has 0 spiro atoms. The highest BCUT2D eigenvalue weighted by atomic mass is 16.5. The molecule has 1 aromatic carbocycles. The number of ketones is 1. The van der Waals surface area contributed by atoms with Gasteiger partial charge in [-0.15, -0.1) is 0 Å². The lowest BCUT2D eigenvalue weighted by Crippen LogP contribution is -2.63. The molecule has 246 valence electrons. The van der Waals surface area contributed by atoms with E-state index in [1.54, 1.807) is 48.7 Å². The van der Waals surface area contributed by atoms with Crippen molar-refractivity contribution in [3.63, 3.8) is 0 Å². The molecule has 47 heavy (non-hydrogen) atoms. The number of rotatable bonds is 12. The number of nitrogens with zero attached hydrogens (tertiary/aromatic N) is 4. The van der Waals surface area contributed by atoms with E-state index in [2.05, 4.69) is 30.9 Å². The molecule has 3 aromatic rings. The van der Waals surface area contributed by atoms with Crippen LogP contribution >= 0.6 is 0 Å². The number of pyridine rings is 1. The van der Waals surface area contributed by atoms with E-state index in [1.165, 1.54) is 23.5 Å². The molecule has 0 radical (unpaired) electrons. The minimum absolute atomic E-state index is 0.0407. The van der Waals surface area contributed by atoms with Crippen LogP contribution in [0.1, 0.15) is 53.8 Å². The average molecular weight is 642 g/mol. The largest absolute Gasteiger partial charge is 0.377 e. The van der Waals surface area contributed by atoms with Crippen molar-refractivity contribution in [1.82, 2.24) is 35.8 Å². The monoisotopic (exact) mass is 641 g/mol. The summed E-state index contributed by atoms with van der Waals surface area (Å²) in [5, 5.41) is 8.20. The Morgan fingerprint density at radius 3 is 2.40 bits per heavy atom. The third kappa shape index (κ3) is 9.03. The average Bonchev–Trinajstić information content (AvgIpc) is 3.13. The second-order valence-electron chi connectivity index (χ2n) is 11.7. The number of morpholine rings is 1. The lowest BCUT2D eigenvalue weighted by atomic mass is 9.83. The molecule has 1 aliphatic heterocycles. The molecule has 13 heteroatoms. The van der Waals surface area contributed by atoms with Crippen LogP contribution in [-0.4, -0.2) is 87.1 Å². The van der Waals surface area contributed by atoms with Gasteiger partial charge in [-0.2, -0.15) is 0 Å². The maximum atomic E-state index is 14.2. The fourth-order valence-electron chi connectivity index (χ4n) is 5.99. The van der Waals surface area contributed by atoms with E-state index >= 15 is 0 Å². The number of hydrogen-bond acceptors (Lipinski definition) is 9. The summed E-state index contributed by atoms with van der Waals surface area (Å²) in [5.74, 6) is -3.39. The maximum Gasteiger partial charge on any atom is 0.289 e. The first kappa shape index (κ1) is 33.3. The lowest BCUT2D eigenvalue weighted by Gasteiger charge is -2.39. The fraction of sp³-hybridized carbons (Fsp3) is 0.412. The van der Waals surface area contributed by atoms with Crippen LogP contribution in [0.3, 0.4) is 0 Å². The minimum Gasteiger partial charge on any atom is -0.377 e. The van der Waals surface area contributed by atoms with Gasteiger partial charge in [0, 0.05) is 31.6 Å². The van der Waals surface area contributed by atoms with Crippen LogP contribution in [0.2, 0.25) is 0 Å². The molecule has 1 saturated carbocycles. The summed E-state index contributed by atoms with van der Waals surface area (Å²) in [5.41, 5.74) is 1.39. The predicted molar refractivity (Wildman–Crippen MR) is 169 cm³/mol. The molecule has 0 bridgehead atoms. The van der Waals surface area contributed by atoms with E-state index < -0.39 is 47.5 Å². The summed E-state index contributed by atoms with van der Waals surface area (Å²) in [6, 6.07) is 11.1. The minimum atomic E-state index is -1.21. The van der Waals surface area contributed by atoms with Crippen LogP contribution < -0.4 is 16.0 Å². The third-order valence-corrected chi connectivity index (χ3v) is 8.48. The van der Waals surface area contributed by atoms with Crippen LogP contribution in [0, 0.1) is 5.92 Å². The fourth-order valence-corrected chi connectivity index (χ4v) is 5.99. The summed E-state index contributed by atoms with van der Waals surface area (Å²) in [7, 11) is 0. The summed E-state index contributed by atoms with van der Waals surface area (Å²) in [6.07, 6.45) is 10.2. The van der Waals surface area contributed by atoms with Crippen molar-refractivity contribution >= 4 is 29.4 Å². The van der Waals surface area contributed by atoms with Crippen molar-refractivity contribution in [1.29, 1.82) is 0 Å². The standard InChI is InChI=1S/C34H39N7O6/c42-30(33(45)38-20-25-13-7-8-14-36-25)26(19-23-9-3-1-4-10-23)39-32(44)28-22-47-18-17-41(28)34(46)29(24-11-5-2-6-12-24)40-31(43)27-21-35-15-16-37-27/h1,3-4,7-10,13-16,21,24,26,28-29H,2,5-6,11-12,17-20,22H2,(H,38,45)(H,39,44)(H,40,43)/t26-,28-,29-/m1/s1. The van der Waals surface area contributed by atoms with Gasteiger partial charge in [-0.05, 0) is 36.5 Å². The van der Waals surface area contributed by atoms with Gasteiger partial charge in [-0.1, -0.05) is 55.7 Å². The molecule has 1 aliphatic carbocycles. The Morgan fingerprint density at radius 2 is 1.68 bits per heavy atom. The number of Topliss-reactive ketones (excluding diaryl/α,β-unsaturated/α-hetero) is 1. The molecule has 2 fully saturated rings. The van der Waals surface area contributed by atoms with E-state index in [0.717, 1.165) is 37.7 Å². The highest BCUT2D eigenvalue weighted by Gasteiger charge is 2.41. The predicted octanol–water partition coefficient (Wildman–Crippen LogP) is 1.39. The molecular formula is C34H39N7O6. The van der Waals surface area contributed by atoms with Gasteiger partial charge in [0.05, 0.1) is 31.6 Å². The molecule has 3 atom stereocenters.